The summed E-state index contributed by atoms with van der Waals surface area (Å²) in [5.41, 5.74) is 1.42. The Morgan fingerprint density at radius 2 is 1.05 bits per heavy atom. The molecule has 7 heteroatoms. The van der Waals surface area contributed by atoms with E-state index in [9.17, 15) is 24.9 Å². The van der Waals surface area contributed by atoms with Gasteiger partial charge in [-0.3, -0.25) is 4.79 Å². The van der Waals surface area contributed by atoms with Crippen LogP contribution < -0.4 is 0 Å². The van der Waals surface area contributed by atoms with Crippen molar-refractivity contribution < 1.29 is 29.4 Å². The molecule has 0 aliphatic heterocycles. The summed E-state index contributed by atoms with van der Waals surface area (Å²) in [6, 6.07) is 0. The summed E-state index contributed by atoms with van der Waals surface area (Å²) in [5, 5.41) is 32.9. The Bertz CT molecular complexity index is 1440. The molecule has 21 atom stereocenters. The van der Waals surface area contributed by atoms with Gasteiger partial charge in [0.15, 0.2) is 0 Å². The fourth-order valence-corrected chi connectivity index (χ4v) is 17.9. The van der Waals surface area contributed by atoms with E-state index in [1.807, 2.05) is 0 Å². The van der Waals surface area contributed by atoms with Gasteiger partial charge in [0.05, 0.1) is 27.8 Å². The molecule has 0 spiro atoms. The lowest BCUT2D eigenvalue weighted by atomic mass is 9.43. The van der Waals surface area contributed by atoms with Crippen LogP contribution in [0.5, 0.6) is 0 Å². The molecule has 326 valence electrons. The van der Waals surface area contributed by atoms with Crippen molar-refractivity contribution in [2.45, 2.75) is 202 Å². The zero-order chi connectivity index (χ0) is 41.2. The second kappa shape index (κ2) is 17.0. The van der Waals surface area contributed by atoms with E-state index < -0.39 is 0 Å². The molecule has 8 fully saturated rings. The summed E-state index contributed by atoms with van der Waals surface area (Å²) in [4.78, 5) is 23.1. The van der Waals surface area contributed by atoms with E-state index in [-0.39, 0.29) is 24.3 Å². The van der Waals surface area contributed by atoms with Gasteiger partial charge >= 0.3 is 5.97 Å². The maximum absolute atomic E-state index is 11.6. The molecular weight excluding hydrogens is 728 g/mol. The highest BCUT2D eigenvalue weighted by atomic mass is 31.0. The lowest BCUT2D eigenvalue weighted by Gasteiger charge is -2.62. The van der Waals surface area contributed by atoms with E-state index in [4.69, 9.17) is 4.52 Å². The Balaban J connectivity index is 0.000000174. The van der Waals surface area contributed by atoms with Crippen LogP contribution in [0.2, 0.25) is 0 Å². The number of fused-ring (bicyclic) bond motifs is 10. The molecule has 0 amide bonds. The molecule has 0 radical (unpaired) electrons. The van der Waals surface area contributed by atoms with E-state index in [1.54, 1.807) is 6.92 Å². The Morgan fingerprint density at radius 1 is 0.614 bits per heavy atom. The SMILES string of the molecule is CC(=O)CC[C@@H](C)[C@H]1CCC2C3C(CC[C@@]21C)[C@@]1(C)CC[C@@H](O)C[C@H]1C[C@@H]3O.C[C@@H]1CC[C@]2(C)C3CC[C@@]4(C)C(CC[C@@H]4[C@H](C)CCC(=O)OP)C3[C@@H](O)C[C@@H]2C1. The molecule has 0 aromatic heterocycles. The minimum atomic E-state index is -0.190. The number of hydrogen-bond acceptors (Lipinski definition) is 6. The highest BCUT2D eigenvalue weighted by Gasteiger charge is 2.64. The van der Waals surface area contributed by atoms with Gasteiger partial charge in [0.1, 0.15) is 5.78 Å². The molecule has 0 saturated heterocycles. The Labute approximate surface area is 350 Å². The minimum Gasteiger partial charge on any atom is -0.452 e. The Hall–Kier alpha value is -0.550. The lowest BCUT2D eigenvalue weighted by molar-refractivity contribution is -0.174. The maximum atomic E-state index is 11.6. The molecule has 57 heavy (non-hydrogen) atoms. The standard InChI is InChI=1S/C25H43O3P.C25H42O3/c1-15-9-11-24(3)17(13-15)14-21(26)23-19-7-6-18(16(2)5-8-22(27)28-29)25(19,4)12-10-20(23)24;1-15(5-6-16(2)26)19-7-8-20-23-21(10-12-25(19,20)4)24(3)11-9-18(27)13-17(24)14-22(23)28/h15-21,23,26H,5-14,29H2,1-4H3;15,17-23,27-28H,5-14H2,1-4H3/t15-,16-,17+,18-,19?,20?,21+,23?,24+,25-;15-,17+,18-,19-,20?,21?,22+,23?,24+,25-/m11/s1. The highest BCUT2D eigenvalue weighted by Crippen LogP contribution is 2.70. The molecule has 8 aliphatic carbocycles. The average molecular weight is 813 g/mol. The lowest BCUT2D eigenvalue weighted by Crippen LogP contribution is -2.58. The van der Waals surface area contributed by atoms with Gasteiger partial charge in [0, 0.05) is 12.8 Å². The number of carbonyl (C=O) groups excluding carboxylic acids is 2. The molecular formula is C50H85O6P. The van der Waals surface area contributed by atoms with Crippen LogP contribution in [0.3, 0.4) is 0 Å². The average Bonchev–Trinajstić information content (AvgIpc) is 3.71. The predicted molar refractivity (Wildman–Crippen MR) is 232 cm³/mol. The molecule has 8 aliphatic rings. The van der Waals surface area contributed by atoms with Crippen molar-refractivity contribution in [3.63, 3.8) is 0 Å². The van der Waals surface area contributed by atoms with Crippen molar-refractivity contribution in [2.75, 3.05) is 0 Å². The smallest absolute Gasteiger partial charge is 0.307 e. The van der Waals surface area contributed by atoms with Gasteiger partial charge < -0.3 is 24.6 Å². The predicted octanol–water partition coefficient (Wildman–Crippen LogP) is 11.0. The van der Waals surface area contributed by atoms with Crippen molar-refractivity contribution >= 4 is 21.2 Å². The summed E-state index contributed by atoms with van der Waals surface area (Å²) in [7, 11) is 2.08. The van der Waals surface area contributed by atoms with Crippen LogP contribution in [-0.2, 0) is 14.1 Å². The Kier molecular flexibility index (Phi) is 13.2. The van der Waals surface area contributed by atoms with E-state index in [0.29, 0.717) is 99.0 Å². The summed E-state index contributed by atoms with van der Waals surface area (Å²) >= 11 is 0. The quantitative estimate of drug-likeness (QED) is 0.211. The molecule has 0 bridgehead atoms. The molecule has 8 saturated carbocycles. The van der Waals surface area contributed by atoms with E-state index in [2.05, 4.69) is 57.9 Å². The van der Waals surface area contributed by atoms with Gasteiger partial charge in [-0.15, -0.1) is 0 Å². The molecule has 8 rings (SSSR count). The summed E-state index contributed by atoms with van der Waals surface area (Å²) in [5.74, 6) is 8.34. The number of rotatable bonds is 8. The number of ketones is 1. The largest absolute Gasteiger partial charge is 0.452 e. The van der Waals surface area contributed by atoms with Gasteiger partial charge in [-0.2, -0.15) is 0 Å². The van der Waals surface area contributed by atoms with Crippen molar-refractivity contribution in [1.82, 2.24) is 0 Å². The van der Waals surface area contributed by atoms with Gasteiger partial charge in [-0.25, -0.2) is 0 Å². The number of aliphatic hydroxyl groups is 3. The first-order valence-electron chi connectivity index (χ1n) is 24.3. The first-order valence-corrected chi connectivity index (χ1v) is 24.8. The number of Topliss-reactive ketones (excluding diaryl/α,β-unsaturated/α-hetero) is 1. The van der Waals surface area contributed by atoms with Crippen LogP contribution >= 0.6 is 9.47 Å². The van der Waals surface area contributed by atoms with Crippen LogP contribution in [0, 0.1) is 98.6 Å². The van der Waals surface area contributed by atoms with Crippen molar-refractivity contribution in [1.29, 1.82) is 0 Å². The van der Waals surface area contributed by atoms with Gasteiger partial charge in [0.25, 0.3) is 0 Å². The molecule has 0 aromatic rings. The van der Waals surface area contributed by atoms with Crippen molar-refractivity contribution in [2.24, 2.45) is 98.6 Å². The van der Waals surface area contributed by atoms with Crippen molar-refractivity contribution in [3.8, 4) is 0 Å². The maximum Gasteiger partial charge on any atom is 0.307 e. The zero-order valence-electron chi connectivity index (χ0n) is 37.5. The topological polar surface area (TPSA) is 104 Å². The molecule has 6 nitrogen and oxygen atoms in total. The van der Waals surface area contributed by atoms with E-state index in [0.717, 1.165) is 63.2 Å². The van der Waals surface area contributed by atoms with Gasteiger partial charge in [-0.05, 0) is 215 Å². The minimum absolute atomic E-state index is 0.103. The van der Waals surface area contributed by atoms with E-state index in [1.165, 1.54) is 70.6 Å². The normalized spacial score (nSPS) is 50.9. The first-order chi connectivity index (χ1) is 26.9. The van der Waals surface area contributed by atoms with Crippen LogP contribution in [0.25, 0.3) is 0 Å². The number of carbonyl (C=O) groups is 2. The third-order valence-electron chi connectivity index (χ3n) is 21.0. The summed E-state index contributed by atoms with van der Waals surface area (Å²) in [6.45, 7) is 18.9. The van der Waals surface area contributed by atoms with Crippen LogP contribution in [0.1, 0.15) is 184 Å². The van der Waals surface area contributed by atoms with Crippen LogP contribution in [0.15, 0.2) is 0 Å². The molecule has 0 heterocycles. The number of aliphatic hydroxyl groups excluding tert-OH is 3. The third-order valence-corrected chi connectivity index (χ3v) is 21.3. The summed E-state index contributed by atoms with van der Waals surface area (Å²) in [6.07, 6.45) is 21.9. The zero-order valence-corrected chi connectivity index (χ0v) is 38.7. The molecule has 7 unspecified atom stereocenters. The summed E-state index contributed by atoms with van der Waals surface area (Å²) < 4.78 is 4.79. The van der Waals surface area contributed by atoms with E-state index >= 15 is 0 Å². The van der Waals surface area contributed by atoms with Gasteiger partial charge in [-0.1, -0.05) is 54.9 Å². The highest BCUT2D eigenvalue weighted by molar-refractivity contribution is 7.10. The monoisotopic (exact) mass is 813 g/mol. The molecule has 0 aromatic carbocycles. The first kappa shape index (κ1) is 44.5. The molecule has 3 N–H and O–H groups in total. The van der Waals surface area contributed by atoms with Crippen LogP contribution in [0.4, 0.5) is 0 Å². The Morgan fingerprint density at radius 3 is 1.54 bits per heavy atom. The van der Waals surface area contributed by atoms with Crippen LogP contribution in [-0.4, -0.2) is 45.4 Å². The van der Waals surface area contributed by atoms with Gasteiger partial charge in [0.2, 0.25) is 0 Å². The third kappa shape index (κ3) is 7.92. The fourth-order valence-electron chi connectivity index (χ4n) is 17.8. The number of hydrogen-bond donors (Lipinski definition) is 3. The second-order valence-corrected chi connectivity index (χ2v) is 23.8. The van der Waals surface area contributed by atoms with Crippen molar-refractivity contribution in [3.05, 3.63) is 0 Å². The fraction of sp³-hybridized carbons (Fsp3) is 0.960. The second-order valence-electron chi connectivity index (χ2n) is 23.6.